The quantitative estimate of drug-likeness (QED) is 0.0673. The zero-order valence-electron chi connectivity index (χ0n) is 23.0. The summed E-state index contributed by atoms with van der Waals surface area (Å²) in [6.45, 7) is 0. The Bertz CT molecular complexity index is 1900. The molecule has 1 N–H and O–H groups in total. The number of methoxy groups -OCH3 is 2. The van der Waals surface area contributed by atoms with Gasteiger partial charge in [-0.15, -0.1) is 10.2 Å². The third-order valence-electron chi connectivity index (χ3n) is 7.11. The molecule has 1 fully saturated rings. The molecule has 1 amide bonds. The van der Waals surface area contributed by atoms with Gasteiger partial charge in [-0.05, 0) is 52.2 Å². The monoisotopic (exact) mass is 613 g/mol. The number of nitrogens with zero attached hydrogens (tertiary/aromatic N) is 3. The molecule has 0 radical (unpaired) electrons. The molecule has 5 aromatic rings. The van der Waals surface area contributed by atoms with Gasteiger partial charge in [0.2, 0.25) is 5.13 Å². The van der Waals surface area contributed by atoms with E-state index in [4.69, 9.17) is 9.47 Å². The summed E-state index contributed by atoms with van der Waals surface area (Å²) in [7, 11) is 2.82. The van der Waals surface area contributed by atoms with Crippen LogP contribution in [0.3, 0.4) is 0 Å². The fraction of sp³-hybridized carbons (Fsp3) is 0.125. The summed E-state index contributed by atoms with van der Waals surface area (Å²) in [6.07, 6.45) is 0. The number of rotatable bonds is 8. The van der Waals surface area contributed by atoms with Gasteiger partial charge < -0.3 is 14.6 Å². The predicted molar refractivity (Wildman–Crippen MR) is 164 cm³/mol. The molecule has 1 saturated heterocycles. The van der Waals surface area contributed by atoms with Gasteiger partial charge >= 0.3 is 5.91 Å². The van der Waals surface area contributed by atoms with Crippen LogP contribution in [-0.2, 0) is 15.3 Å². The number of aromatic nitrogens is 2. The Morgan fingerprint density at radius 2 is 1.77 bits per heavy atom. The maximum absolute atomic E-state index is 14.6. The average Bonchev–Trinajstić information content (AvgIpc) is 3.61. The number of ether oxygens (including phenoxy) is 2. The Hall–Kier alpha value is -4.74. The zero-order chi connectivity index (χ0) is 30.1. The molecule has 2 heterocycles. The molecule has 1 aliphatic heterocycles. The van der Waals surface area contributed by atoms with Crippen molar-refractivity contribution in [3.05, 3.63) is 113 Å². The number of amides is 1. The van der Waals surface area contributed by atoms with Crippen LogP contribution in [0.5, 0.6) is 11.5 Å². The van der Waals surface area contributed by atoms with Crippen LogP contribution in [0.1, 0.15) is 22.7 Å². The van der Waals surface area contributed by atoms with Crippen LogP contribution < -0.4 is 14.4 Å². The second-order valence-corrected chi connectivity index (χ2v) is 11.8. The lowest BCUT2D eigenvalue weighted by atomic mass is 9.95. The van der Waals surface area contributed by atoms with Crippen LogP contribution in [0.2, 0.25) is 0 Å². The fourth-order valence-corrected chi connectivity index (χ4v) is 6.91. The molecule has 0 bridgehead atoms. The molecule has 11 heteroatoms. The second kappa shape index (κ2) is 11.9. The van der Waals surface area contributed by atoms with E-state index in [1.165, 1.54) is 54.4 Å². The van der Waals surface area contributed by atoms with Crippen molar-refractivity contribution in [2.45, 2.75) is 16.1 Å². The highest BCUT2D eigenvalue weighted by Crippen LogP contribution is 2.45. The molecule has 1 aliphatic rings. The van der Waals surface area contributed by atoms with Crippen LogP contribution in [-0.4, -0.2) is 41.2 Å². The lowest BCUT2D eigenvalue weighted by Crippen LogP contribution is -2.29. The number of ketones is 1. The Morgan fingerprint density at radius 1 is 0.977 bits per heavy atom. The minimum atomic E-state index is -1.07. The van der Waals surface area contributed by atoms with Gasteiger partial charge in [0.25, 0.3) is 5.78 Å². The van der Waals surface area contributed by atoms with Gasteiger partial charge in [-0.25, -0.2) is 4.39 Å². The fourth-order valence-electron chi connectivity index (χ4n) is 5.04. The zero-order valence-corrected chi connectivity index (χ0v) is 24.6. The molecule has 0 spiro atoms. The predicted octanol–water partition coefficient (Wildman–Crippen LogP) is 6.77. The number of carbonyl (C=O) groups excluding carboxylic acids is 2. The molecule has 216 valence electrons. The van der Waals surface area contributed by atoms with E-state index in [2.05, 4.69) is 34.5 Å². The SMILES string of the molecule is COc1cccc(C2C(=C(O)c3ccc(OC)c(F)c3)C(=O)C(=O)N2c2nnc(SCc3cccc4ccccc34)s2)c1. The molecular formula is C32H24FN3O5S2. The van der Waals surface area contributed by atoms with Crippen molar-refractivity contribution in [3.63, 3.8) is 0 Å². The average molecular weight is 614 g/mol. The number of anilines is 1. The Kier molecular flexibility index (Phi) is 7.83. The van der Waals surface area contributed by atoms with Gasteiger partial charge in [-0.2, -0.15) is 0 Å². The number of aliphatic hydroxyl groups is 1. The van der Waals surface area contributed by atoms with Crippen molar-refractivity contribution < 1.29 is 28.6 Å². The number of thioether (sulfide) groups is 1. The number of halogens is 1. The largest absolute Gasteiger partial charge is 0.507 e. The lowest BCUT2D eigenvalue weighted by molar-refractivity contribution is -0.132. The van der Waals surface area contributed by atoms with Gasteiger partial charge in [0.05, 0.1) is 25.8 Å². The molecule has 43 heavy (non-hydrogen) atoms. The lowest BCUT2D eigenvalue weighted by Gasteiger charge is -2.23. The summed E-state index contributed by atoms with van der Waals surface area (Å²) in [5.41, 5.74) is 1.44. The maximum atomic E-state index is 14.6. The molecule has 0 aliphatic carbocycles. The highest BCUT2D eigenvalue weighted by molar-refractivity contribution is 8.00. The van der Waals surface area contributed by atoms with E-state index in [1.54, 1.807) is 24.3 Å². The molecule has 1 atom stereocenters. The number of benzene rings is 4. The van der Waals surface area contributed by atoms with Crippen LogP contribution in [0, 0.1) is 5.82 Å². The second-order valence-electron chi connectivity index (χ2n) is 9.57. The van der Waals surface area contributed by atoms with Crippen LogP contribution >= 0.6 is 23.1 Å². The number of hydrogen-bond donors (Lipinski definition) is 1. The summed E-state index contributed by atoms with van der Waals surface area (Å²) < 4.78 is 25.5. The van der Waals surface area contributed by atoms with E-state index in [9.17, 15) is 19.1 Å². The van der Waals surface area contributed by atoms with E-state index in [0.717, 1.165) is 22.4 Å². The third-order valence-corrected chi connectivity index (χ3v) is 9.22. The first-order valence-electron chi connectivity index (χ1n) is 13.1. The van der Waals surface area contributed by atoms with Crippen molar-refractivity contribution in [2.24, 2.45) is 0 Å². The number of fused-ring (bicyclic) bond motifs is 1. The molecular weight excluding hydrogens is 590 g/mol. The Balaban J connectivity index is 1.39. The molecule has 1 aromatic heterocycles. The van der Waals surface area contributed by atoms with Gasteiger partial charge in [0.1, 0.15) is 11.5 Å². The van der Waals surface area contributed by atoms with E-state index in [0.29, 0.717) is 21.4 Å². The minimum absolute atomic E-state index is 0.0211. The summed E-state index contributed by atoms with van der Waals surface area (Å²) in [5, 5.41) is 22.4. The Morgan fingerprint density at radius 3 is 2.56 bits per heavy atom. The van der Waals surface area contributed by atoms with Crippen LogP contribution in [0.4, 0.5) is 9.52 Å². The van der Waals surface area contributed by atoms with Crippen molar-refractivity contribution in [3.8, 4) is 11.5 Å². The number of aliphatic hydroxyl groups excluding tert-OH is 1. The number of hydrogen-bond acceptors (Lipinski definition) is 9. The standard InChI is InChI=1S/C32H24FN3O5S2/c1-40-22-11-6-9-19(15-22)27-26(28(37)20-13-14-25(41-2)24(33)16-20)29(38)30(39)36(27)31-34-35-32(43-31)42-17-21-10-5-8-18-7-3-4-12-23(18)21/h3-16,27,37H,17H2,1-2H3. The first-order chi connectivity index (χ1) is 20.9. The van der Waals surface area contributed by atoms with E-state index in [-0.39, 0.29) is 22.0 Å². The third kappa shape index (κ3) is 5.33. The van der Waals surface area contributed by atoms with Gasteiger partial charge in [0.15, 0.2) is 15.9 Å². The van der Waals surface area contributed by atoms with Gasteiger partial charge in [-0.3, -0.25) is 14.5 Å². The molecule has 1 unspecified atom stereocenters. The molecule has 8 nitrogen and oxygen atoms in total. The summed E-state index contributed by atoms with van der Waals surface area (Å²) in [4.78, 5) is 28.2. The van der Waals surface area contributed by atoms with Gasteiger partial charge in [0, 0.05) is 11.3 Å². The van der Waals surface area contributed by atoms with E-state index >= 15 is 0 Å². The highest BCUT2D eigenvalue weighted by Gasteiger charge is 2.48. The minimum Gasteiger partial charge on any atom is -0.507 e. The van der Waals surface area contributed by atoms with E-state index < -0.39 is 29.3 Å². The summed E-state index contributed by atoms with van der Waals surface area (Å²) in [6, 6.07) is 23.8. The van der Waals surface area contributed by atoms with Crippen molar-refractivity contribution in [2.75, 3.05) is 19.1 Å². The van der Waals surface area contributed by atoms with E-state index in [1.807, 2.05) is 18.2 Å². The normalized spacial score (nSPS) is 16.2. The number of carbonyl (C=O) groups is 2. The summed E-state index contributed by atoms with van der Waals surface area (Å²) in [5.74, 6) is -1.98. The first kappa shape index (κ1) is 28.4. The van der Waals surface area contributed by atoms with Crippen molar-refractivity contribution in [1.29, 1.82) is 0 Å². The van der Waals surface area contributed by atoms with Crippen LogP contribution in [0.15, 0.2) is 94.8 Å². The smallest absolute Gasteiger partial charge is 0.301 e. The topological polar surface area (TPSA) is 102 Å². The van der Waals surface area contributed by atoms with Crippen molar-refractivity contribution in [1.82, 2.24) is 10.2 Å². The number of Topliss-reactive ketones (excluding diaryl/α,β-unsaturated/α-hetero) is 1. The molecule has 4 aromatic carbocycles. The van der Waals surface area contributed by atoms with Crippen molar-refractivity contribution >= 4 is 56.5 Å². The van der Waals surface area contributed by atoms with Gasteiger partial charge in [-0.1, -0.05) is 77.7 Å². The summed E-state index contributed by atoms with van der Waals surface area (Å²) >= 11 is 2.64. The molecule has 0 saturated carbocycles. The first-order valence-corrected chi connectivity index (χ1v) is 14.9. The molecule has 6 rings (SSSR count). The Labute approximate surface area is 254 Å². The van der Waals surface area contributed by atoms with Crippen LogP contribution in [0.25, 0.3) is 16.5 Å². The maximum Gasteiger partial charge on any atom is 0.301 e. The highest BCUT2D eigenvalue weighted by atomic mass is 32.2.